The number of para-hydroxylation sites is 1. The molecule has 0 bridgehead atoms. The first-order chi connectivity index (χ1) is 17.0. The van der Waals surface area contributed by atoms with Crippen molar-refractivity contribution >= 4 is 17.2 Å². The van der Waals surface area contributed by atoms with Gasteiger partial charge in [-0.25, -0.2) is 9.07 Å². The highest BCUT2D eigenvalue weighted by Crippen LogP contribution is 2.37. The van der Waals surface area contributed by atoms with Gasteiger partial charge in [0, 0.05) is 12.6 Å². The molecule has 1 aliphatic rings. The predicted octanol–water partition coefficient (Wildman–Crippen LogP) is 7.04. The molecule has 5 nitrogen and oxygen atoms in total. The summed E-state index contributed by atoms with van der Waals surface area (Å²) in [7, 11) is 0. The molecule has 1 saturated carbocycles. The third kappa shape index (κ3) is 5.30. The molecule has 0 aliphatic heterocycles. The van der Waals surface area contributed by atoms with E-state index in [1.54, 1.807) is 16.8 Å². The van der Waals surface area contributed by atoms with Crippen molar-refractivity contribution in [2.75, 3.05) is 6.54 Å². The van der Waals surface area contributed by atoms with E-state index in [-0.39, 0.29) is 17.6 Å². The monoisotopic (exact) mass is 489 g/mol. The lowest BCUT2D eigenvalue weighted by atomic mass is 10.1. The third-order valence-electron chi connectivity index (χ3n) is 6.07. The molecule has 0 saturated heterocycles. The van der Waals surface area contributed by atoms with E-state index in [1.165, 1.54) is 23.5 Å². The number of thiophene rings is 1. The van der Waals surface area contributed by atoms with E-state index in [2.05, 4.69) is 13.8 Å². The van der Waals surface area contributed by atoms with Gasteiger partial charge in [-0.1, -0.05) is 44.2 Å². The standard InChI is InChI=1S/C28H28FN3O2S/c1-19(2)26-24(18-31(17-20-13-14-20)27(33)25-12-7-15-35-25)28(34-23-11-6-8-21(29)16-23)32(30-26)22-9-4-3-5-10-22/h3-12,15-16,19-20H,13-14,17-18H2,1-2H3. The maximum absolute atomic E-state index is 14.0. The largest absolute Gasteiger partial charge is 0.438 e. The molecule has 1 fully saturated rings. The first-order valence-electron chi connectivity index (χ1n) is 11.9. The molecule has 7 heteroatoms. The average Bonchev–Trinajstić information content (AvgIpc) is 3.36. The SMILES string of the molecule is CC(C)c1nn(-c2ccccc2)c(Oc2cccc(F)c2)c1CN(CC1CC1)C(=O)c1cccs1. The van der Waals surface area contributed by atoms with Crippen LogP contribution in [0.1, 0.15) is 53.5 Å². The Bertz CT molecular complexity index is 1300. The molecular weight excluding hydrogens is 461 g/mol. The molecule has 4 aromatic rings. The fourth-order valence-corrected chi connectivity index (χ4v) is 4.82. The van der Waals surface area contributed by atoms with Crippen molar-refractivity contribution < 1.29 is 13.9 Å². The molecule has 1 amide bonds. The third-order valence-corrected chi connectivity index (χ3v) is 6.93. The normalized spacial score (nSPS) is 13.3. The molecule has 2 aromatic heterocycles. The number of carbonyl (C=O) groups is 1. The maximum atomic E-state index is 14.0. The van der Waals surface area contributed by atoms with Crippen molar-refractivity contribution in [1.29, 1.82) is 0 Å². The second-order valence-corrected chi connectivity index (χ2v) is 10.2. The van der Waals surface area contributed by atoms with Crippen LogP contribution in [0.4, 0.5) is 4.39 Å². The minimum atomic E-state index is -0.373. The molecule has 2 heterocycles. The molecule has 5 rings (SSSR count). The van der Waals surface area contributed by atoms with Crippen LogP contribution in [-0.2, 0) is 6.54 Å². The van der Waals surface area contributed by atoms with Gasteiger partial charge in [0.15, 0.2) is 0 Å². The molecule has 35 heavy (non-hydrogen) atoms. The summed E-state index contributed by atoms with van der Waals surface area (Å²) in [6.45, 7) is 5.24. The fourth-order valence-electron chi connectivity index (χ4n) is 4.13. The van der Waals surface area contributed by atoms with Gasteiger partial charge in [-0.15, -0.1) is 11.3 Å². The van der Waals surface area contributed by atoms with Crippen molar-refractivity contribution in [3.05, 3.63) is 94.1 Å². The van der Waals surface area contributed by atoms with Gasteiger partial charge in [0.2, 0.25) is 5.88 Å². The van der Waals surface area contributed by atoms with Crippen LogP contribution in [0.15, 0.2) is 72.1 Å². The number of aromatic nitrogens is 2. The Morgan fingerprint density at radius 1 is 1.14 bits per heavy atom. The van der Waals surface area contributed by atoms with E-state index in [1.807, 2.05) is 52.7 Å². The molecule has 0 N–H and O–H groups in total. The lowest BCUT2D eigenvalue weighted by Crippen LogP contribution is -2.32. The molecule has 0 unspecified atom stereocenters. The number of ether oxygens (including phenoxy) is 1. The number of benzene rings is 2. The maximum Gasteiger partial charge on any atom is 0.264 e. The Labute approximate surface area is 208 Å². The Hall–Kier alpha value is -3.45. The number of hydrogen-bond donors (Lipinski definition) is 0. The summed E-state index contributed by atoms with van der Waals surface area (Å²) in [4.78, 5) is 16.1. The van der Waals surface area contributed by atoms with Crippen LogP contribution in [0.5, 0.6) is 11.6 Å². The zero-order chi connectivity index (χ0) is 24.4. The molecule has 1 aliphatic carbocycles. The molecule has 0 atom stereocenters. The Kier molecular flexibility index (Phi) is 6.68. The molecule has 0 radical (unpaired) electrons. The number of nitrogens with zero attached hydrogens (tertiary/aromatic N) is 3. The van der Waals surface area contributed by atoms with Gasteiger partial charge in [-0.05, 0) is 60.4 Å². The first kappa shape index (κ1) is 23.3. The van der Waals surface area contributed by atoms with Crippen molar-refractivity contribution in [2.24, 2.45) is 5.92 Å². The highest BCUT2D eigenvalue weighted by Gasteiger charge is 2.31. The first-order valence-corrected chi connectivity index (χ1v) is 12.8. The second kappa shape index (κ2) is 10.0. The summed E-state index contributed by atoms with van der Waals surface area (Å²) in [5, 5.41) is 6.86. The summed E-state index contributed by atoms with van der Waals surface area (Å²) in [6.07, 6.45) is 2.28. The van der Waals surface area contributed by atoms with E-state index in [4.69, 9.17) is 9.84 Å². The molecular formula is C28H28FN3O2S. The van der Waals surface area contributed by atoms with E-state index in [0.717, 1.165) is 34.7 Å². The van der Waals surface area contributed by atoms with Crippen molar-refractivity contribution in [1.82, 2.24) is 14.7 Å². The van der Waals surface area contributed by atoms with E-state index < -0.39 is 0 Å². The summed E-state index contributed by atoms with van der Waals surface area (Å²) < 4.78 is 22.1. The van der Waals surface area contributed by atoms with Crippen LogP contribution in [0.25, 0.3) is 5.69 Å². The highest BCUT2D eigenvalue weighted by molar-refractivity contribution is 7.12. The average molecular weight is 490 g/mol. The van der Waals surface area contributed by atoms with Gasteiger partial charge < -0.3 is 9.64 Å². The second-order valence-electron chi connectivity index (χ2n) is 9.24. The van der Waals surface area contributed by atoms with Gasteiger partial charge >= 0.3 is 0 Å². The zero-order valence-electron chi connectivity index (χ0n) is 19.9. The highest BCUT2D eigenvalue weighted by atomic mass is 32.1. The summed E-state index contributed by atoms with van der Waals surface area (Å²) in [6, 6.07) is 19.6. The molecule has 180 valence electrons. The van der Waals surface area contributed by atoms with Crippen LogP contribution in [-0.4, -0.2) is 27.1 Å². The van der Waals surface area contributed by atoms with Crippen LogP contribution < -0.4 is 4.74 Å². The number of carbonyl (C=O) groups excluding carboxylic acids is 1. The number of rotatable bonds is 9. The Morgan fingerprint density at radius 2 is 1.94 bits per heavy atom. The van der Waals surface area contributed by atoms with Gasteiger partial charge in [0.1, 0.15) is 11.6 Å². The van der Waals surface area contributed by atoms with Gasteiger partial charge in [0.25, 0.3) is 5.91 Å². The summed E-state index contributed by atoms with van der Waals surface area (Å²) in [5.41, 5.74) is 2.55. The van der Waals surface area contributed by atoms with Gasteiger partial charge in [-0.2, -0.15) is 5.10 Å². The van der Waals surface area contributed by atoms with E-state index >= 15 is 0 Å². The van der Waals surface area contributed by atoms with Crippen molar-refractivity contribution in [2.45, 2.75) is 39.2 Å². The van der Waals surface area contributed by atoms with E-state index in [9.17, 15) is 9.18 Å². The molecule has 0 spiro atoms. The zero-order valence-corrected chi connectivity index (χ0v) is 20.7. The predicted molar refractivity (Wildman–Crippen MR) is 136 cm³/mol. The number of halogens is 1. The summed E-state index contributed by atoms with van der Waals surface area (Å²) in [5.74, 6) is 1.16. The number of amides is 1. The minimum Gasteiger partial charge on any atom is -0.438 e. The fraction of sp³-hybridized carbons (Fsp3) is 0.286. The van der Waals surface area contributed by atoms with Crippen LogP contribution >= 0.6 is 11.3 Å². The van der Waals surface area contributed by atoms with Gasteiger partial charge in [0.05, 0.1) is 28.4 Å². The van der Waals surface area contributed by atoms with Crippen LogP contribution in [0.2, 0.25) is 0 Å². The quantitative estimate of drug-likeness (QED) is 0.253. The Morgan fingerprint density at radius 3 is 2.60 bits per heavy atom. The molecule has 2 aromatic carbocycles. The van der Waals surface area contributed by atoms with E-state index in [0.29, 0.717) is 30.6 Å². The van der Waals surface area contributed by atoms with Crippen LogP contribution in [0, 0.1) is 11.7 Å². The number of hydrogen-bond acceptors (Lipinski definition) is 4. The van der Waals surface area contributed by atoms with Gasteiger partial charge in [-0.3, -0.25) is 4.79 Å². The topological polar surface area (TPSA) is 47.4 Å². The summed E-state index contributed by atoms with van der Waals surface area (Å²) >= 11 is 1.45. The lowest BCUT2D eigenvalue weighted by molar-refractivity contribution is 0.0738. The Balaban J connectivity index is 1.60. The lowest BCUT2D eigenvalue weighted by Gasteiger charge is -2.23. The smallest absolute Gasteiger partial charge is 0.264 e. The van der Waals surface area contributed by atoms with Crippen LogP contribution in [0.3, 0.4) is 0 Å². The van der Waals surface area contributed by atoms with Crippen molar-refractivity contribution in [3.8, 4) is 17.3 Å². The van der Waals surface area contributed by atoms with Crippen molar-refractivity contribution in [3.63, 3.8) is 0 Å². The minimum absolute atomic E-state index is 0.0192.